The fraction of sp³-hybridized carbons (Fsp3) is 0.364. The maximum atomic E-state index is 14.9. The molecule has 1 aliphatic heterocycles. The zero-order valence-electron chi connectivity index (χ0n) is 15.4. The van der Waals surface area contributed by atoms with Gasteiger partial charge in [0.15, 0.2) is 0 Å². The van der Waals surface area contributed by atoms with Gasteiger partial charge in [-0.3, -0.25) is 4.98 Å². The van der Waals surface area contributed by atoms with Crippen molar-refractivity contribution in [2.45, 2.75) is 37.9 Å². The van der Waals surface area contributed by atoms with Gasteiger partial charge in [-0.15, -0.1) is 0 Å². The SMILES string of the molecule is CC1(F)CC(c2cc(NC3CCNCC3)c3cnccc3c2)=CC=C1C#N. The number of nitrogens with one attached hydrogen (secondary N) is 2. The lowest BCUT2D eigenvalue weighted by Crippen LogP contribution is -2.35. The lowest BCUT2D eigenvalue weighted by molar-refractivity contribution is 0.252. The predicted molar refractivity (Wildman–Crippen MR) is 107 cm³/mol. The number of nitriles is 1. The van der Waals surface area contributed by atoms with E-state index >= 15 is 0 Å². The number of fused-ring (bicyclic) bond motifs is 1. The molecule has 4 rings (SSSR count). The van der Waals surface area contributed by atoms with Crippen molar-refractivity contribution in [1.82, 2.24) is 10.3 Å². The number of allylic oxidation sites excluding steroid dienone is 4. The molecule has 1 aromatic heterocycles. The molecule has 1 unspecified atom stereocenters. The minimum absolute atomic E-state index is 0.185. The summed E-state index contributed by atoms with van der Waals surface area (Å²) in [6.07, 6.45) is 9.49. The fourth-order valence-corrected chi connectivity index (χ4v) is 3.91. The molecule has 0 amide bonds. The van der Waals surface area contributed by atoms with E-state index in [2.05, 4.69) is 27.8 Å². The molecule has 138 valence electrons. The summed E-state index contributed by atoms with van der Waals surface area (Å²) in [5.41, 5.74) is 1.49. The first-order valence-electron chi connectivity index (χ1n) is 9.42. The summed E-state index contributed by atoms with van der Waals surface area (Å²) in [5.74, 6) is 0. The third-order valence-corrected chi connectivity index (χ3v) is 5.48. The minimum Gasteiger partial charge on any atom is -0.382 e. The topological polar surface area (TPSA) is 60.7 Å². The minimum atomic E-state index is -1.63. The molecule has 1 atom stereocenters. The molecule has 0 bridgehead atoms. The quantitative estimate of drug-likeness (QED) is 0.851. The third-order valence-electron chi connectivity index (χ3n) is 5.48. The molecule has 1 aromatic carbocycles. The maximum Gasteiger partial charge on any atom is 0.147 e. The summed E-state index contributed by atoms with van der Waals surface area (Å²) in [4.78, 5) is 4.28. The summed E-state index contributed by atoms with van der Waals surface area (Å²) >= 11 is 0. The summed E-state index contributed by atoms with van der Waals surface area (Å²) in [5, 5.41) is 18.4. The summed E-state index contributed by atoms with van der Waals surface area (Å²) in [6, 6.07) is 8.56. The second-order valence-electron chi connectivity index (χ2n) is 7.55. The Morgan fingerprint density at radius 2 is 2.11 bits per heavy atom. The molecule has 2 heterocycles. The number of aromatic nitrogens is 1. The molecule has 1 fully saturated rings. The van der Waals surface area contributed by atoms with E-state index in [-0.39, 0.29) is 12.0 Å². The van der Waals surface area contributed by atoms with Gasteiger partial charge in [0.05, 0.1) is 11.6 Å². The van der Waals surface area contributed by atoms with Crippen LogP contribution in [-0.2, 0) is 0 Å². The van der Waals surface area contributed by atoms with Crippen LogP contribution in [0.4, 0.5) is 10.1 Å². The van der Waals surface area contributed by atoms with Crippen LogP contribution in [0.3, 0.4) is 0 Å². The van der Waals surface area contributed by atoms with Crippen molar-refractivity contribution < 1.29 is 4.39 Å². The zero-order chi connectivity index (χ0) is 18.9. The molecule has 5 heteroatoms. The Kier molecular flexibility index (Phi) is 4.67. The van der Waals surface area contributed by atoms with Crippen LogP contribution in [0.2, 0.25) is 0 Å². The molecular formula is C22H23FN4. The highest BCUT2D eigenvalue weighted by molar-refractivity contribution is 5.96. The van der Waals surface area contributed by atoms with Gasteiger partial charge in [0.1, 0.15) is 5.67 Å². The van der Waals surface area contributed by atoms with Crippen molar-refractivity contribution in [2.24, 2.45) is 0 Å². The Hall–Kier alpha value is -2.71. The fourth-order valence-electron chi connectivity index (χ4n) is 3.91. The van der Waals surface area contributed by atoms with E-state index in [1.807, 2.05) is 24.4 Å². The van der Waals surface area contributed by atoms with Crippen LogP contribution in [0.25, 0.3) is 16.3 Å². The van der Waals surface area contributed by atoms with Gasteiger partial charge in [-0.25, -0.2) is 4.39 Å². The molecule has 0 radical (unpaired) electrons. The summed E-state index contributed by atoms with van der Waals surface area (Å²) in [6.45, 7) is 3.51. The zero-order valence-corrected chi connectivity index (χ0v) is 15.4. The van der Waals surface area contributed by atoms with Crippen LogP contribution in [0.5, 0.6) is 0 Å². The third kappa shape index (κ3) is 3.58. The van der Waals surface area contributed by atoms with E-state index < -0.39 is 5.67 Å². The second-order valence-corrected chi connectivity index (χ2v) is 7.55. The summed E-state index contributed by atoms with van der Waals surface area (Å²) in [7, 11) is 0. The number of pyridine rings is 1. The van der Waals surface area contributed by atoms with Gasteiger partial charge in [-0.2, -0.15) is 5.26 Å². The van der Waals surface area contributed by atoms with Crippen molar-refractivity contribution in [3.8, 4) is 6.07 Å². The number of benzene rings is 1. The Morgan fingerprint density at radius 1 is 1.30 bits per heavy atom. The first kappa shape index (κ1) is 17.7. The Labute approximate surface area is 158 Å². The first-order chi connectivity index (χ1) is 13.1. The predicted octanol–water partition coefficient (Wildman–Crippen LogP) is 4.36. The molecule has 1 aliphatic carbocycles. The average Bonchev–Trinajstić information content (AvgIpc) is 2.68. The van der Waals surface area contributed by atoms with Crippen molar-refractivity contribution in [3.63, 3.8) is 0 Å². The normalized spacial score (nSPS) is 23.4. The van der Waals surface area contributed by atoms with E-state index in [1.165, 1.54) is 6.92 Å². The number of nitrogens with zero attached hydrogens (tertiary/aromatic N) is 2. The van der Waals surface area contributed by atoms with Gasteiger partial charge in [-0.05, 0) is 73.7 Å². The number of hydrogen-bond donors (Lipinski definition) is 2. The molecule has 27 heavy (non-hydrogen) atoms. The van der Waals surface area contributed by atoms with Gasteiger partial charge in [0, 0.05) is 35.9 Å². The number of piperidine rings is 1. The molecular weight excluding hydrogens is 339 g/mol. The standard InChI is InChI=1S/C22H23FN4/c1-22(23)12-16(2-3-18(22)13-24)17-10-15-4-7-26-14-20(15)21(11-17)27-19-5-8-25-9-6-19/h2-4,7,10-11,14,19,25,27H,5-6,8-9,12H2,1H3. The number of anilines is 1. The van der Waals surface area contributed by atoms with E-state index in [0.29, 0.717) is 6.04 Å². The molecule has 1 saturated heterocycles. The van der Waals surface area contributed by atoms with Gasteiger partial charge < -0.3 is 10.6 Å². The maximum absolute atomic E-state index is 14.9. The van der Waals surface area contributed by atoms with E-state index in [1.54, 1.807) is 12.3 Å². The highest BCUT2D eigenvalue weighted by atomic mass is 19.1. The van der Waals surface area contributed by atoms with Crippen LogP contribution in [0, 0.1) is 11.3 Å². The average molecular weight is 362 g/mol. The first-order valence-corrected chi connectivity index (χ1v) is 9.42. The number of alkyl halides is 1. The lowest BCUT2D eigenvalue weighted by atomic mass is 9.83. The Balaban J connectivity index is 1.75. The van der Waals surface area contributed by atoms with Gasteiger partial charge in [-0.1, -0.05) is 6.08 Å². The molecule has 0 saturated carbocycles. The van der Waals surface area contributed by atoms with Gasteiger partial charge in [0.25, 0.3) is 0 Å². The van der Waals surface area contributed by atoms with Gasteiger partial charge in [0.2, 0.25) is 0 Å². The van der Waals surface area contributed by atoms with Crippen LogP contribution < -0.4 is 10.6 Å². The largest absolute Gasteiger partial charge is 0.382 e. The van der Waals surface area contributed by atoms with Crippen LogP contribution in [0.1, 0.15) is 31.7 Å². The number of halogens is 1. The van der Waals surface area contributed by atoms with E-state index in [9.17, 15) is 4.39 Å². The number of rotatable bonds is 3. The Bertz CT molecular complexity index is 962. The molecule has 0 spiro atoms. The Morgan fingerprint density at radius 3 is 2.85 bits per heavy atom. The van der Waals surface area contributed by atoms with Crippen molar-refractivity contribution in [2.75, 3.05) is 18.4 Å². The van der Waals surface area contributed by atoms with Crippen molar-refractivity contribution >= 4 is 22.0 Å². The van der Waals surface area contributed by atoms with Crippen LogP contribution >= 0.6 is 0 Å². The monoisotopic (exact) mass is 362 g/mol. The lowest BCUT2D eigenvalue weighted by Gasteiger charge is -2.27. The number of hydrogen-bond acceptors (Lipinski definition) is 4. The van der Waals surface area contributed by atoms with E-state index in [4.69, 9.17) is 5.26 Å². The molecule has 2 N–H and O–H groups in total. The molecule has 2 aromatic rings. The molecule has 2 aliphatic rings. The van der Waals surface area contributed by atoms with Crippen molar-refractivity contribution in [3.05, 3.63) is 53.9 Å². The van der Waals surface area contributed by atoms with Gasteiger partial charge >= 0.3 is 0 Å². The van der Waals surface area contributed by atoms with Crippen LogP contribution in [0.15, 0.2) is 48.3 Å². The highest BCUT2D eigenvalue weighted by Gasteiger charge is 2.32. The smallest absolute Gasteiger partial charge is 0.147 e. The molecule has 4 nitrogen and oxygen atoms in total. The van der Waals surface area contributed by atoms with Crippen molar-refractivity contribution in [1.29, 1.82) is 5.26 Å². The second kappa shape index (κ2) is 7.13. The highest BCUT2D eigenvalue weighted by Crippen LogP contribution is 2.39. The van der Waals surface area contributed by atoms with E-state index in [0.717, 1.165) is 53.5 Å². The summed E-state index contributed by atoms with van der Waals surface area (Å²) < 4.78 is 14.9. The van der Waals surface area contributed by atoms with Crippen LogP contribution in [-0.4, -0.2) is 29.8 Å².